The van der Waals surface area contributed by atoms with Crippen LogP contribution >= 0.6 is 11.6 Å². The van der Waals surface area contributed by atoms with E-state index in [1.807, 2.05) is 53.4 Å². The number of piperazine rings is 1. The molecule has 1 aliphatic heterocycles. The summed E-state index contributed by atoms with van der Waals surface area (Å²) in [7, 11) is 1.63. The topological polar surface area (TPSA) is 73.9 Å². The number of halogens is 1. The van der Waals surface area contributed by atoms with Crippen LogP contribution in [0.5, 0.6) is 5.75 Å². The molecule has 176 valence electrons. The number of amides is 3. The van der Waals surface area contributed by atoms with Gasteiger partial charge < -0.3 is 25.2 Å². The van der Waals surface area contributed by atoms with Gasteiger partial charge in [0.2, 0.25) is 5.91 Å². The monoisotopic (exact) mass is 478 g/mol. The van der Waals surface area contributed by atoms with Crippen LogP contribution in [0.4, 0.5) is 21.9 Å². The molecule has 0 radical (unpaired) electrons. The number of rotatable bonds is 6. The van der Waals surface area contributed by atoms with Gasteiger partial charge in [-0.15, -0.1) is 0 Å². The first-order chi connectivity index (χ1) is 16.5. The fourth-order valence-electron chi connectivity index (χ4n) is 3.86. The molecule has 1 aliphatic rings. The molecule has 0 bridgehead atoms. The normalized spacial score (nSPS) is 13.4. The molecule has 0 unspecified atom stereocenters. The Hall–Kier alpha value is -3.71. The van der Waals surface area contributed by atoms with Crippen molar-refractivity contribution < 1.29 is 14.3 Å². The number of urea groups is 1. The van der Waals surface area contributed by atoms with E-state index in [4.69, 9.17) is 16.3 Å². The Labute approximate surface area is 204 Å². The first kappa shape index (κ1) is 23.4. The number of carbonyl (C=O) groups excluding carboxylic acids is 2. The van der Waals surface area contributed by atoms with Crippen molar-refractivity contribution in [3.05, 3.63) is 83.4 Å². The van der Waals surface area contributed by atoms with Gasteiger partial charge in [-0.25, -0.2) is 4.79 Å². The van der Waals surface area contributed by atoms with Gasteiger partial charge in [0.1, 0.15) is 5.75 Å². The number of hydrogen-bond donors (Lipinski definition) is 2. The van der Waals surface area contributed by atoms with Crippen molar-refractivity contribution >= 4 is 40.6 Å². The molecule has 0 spiro atoms. The lowest BCUT2D eigenvalue weighted by Crippen LogP contribution is -2.49. The highest BCUT2D eigenvalue weighted by molar-refractivity contribution is 6.30. The third-order valence-corrected chi connectivity index (χ3v) is 5.95. The molecule has 34 heavy (non-hydrogen) atoms. The summed E-state index contributed by atoms with van der Waals surface area (Å²) in [5, 5.41) is 6.14. The lowest BCUT2D eigenvalue weighted by Gasteiger charge is -2.36. The van der Waals surface area contributed by atoms with E-state index in [1.54, 1.807) is 31.4 Å². The number of benzene rings is 3. The Morgan fingerprint density at radius 1 is 0.882 bits per heavy atom. The van der Waals surface area contributed by atoms with Crippen LogP contribution in [0.25, 0.3) is 0 Å². The van der Waals surface area contributed by atoms with Crippen molar-refractivity contribution in [2.24, 2.45) is 0 Å². The SMILES string of the molecule is COc1ccc(CC(=O)N2CCN(c3ccc(NC(=O)Nc4cccc(Cl)c4)cc3)CC2)cc1. The van der Waals surface area contributed by atoms with Crippen LogP contribution in [-0.4, -0.2) is 50.1 Å². The summed E-state index contributed by atoms with van der Waals surface area (Å²) in [5.41, 5.74) is 3.36. The summed E-state index contributed by atoms with van der Waals surface area (Å²) in [5.74, 6) is 0.919. The number of ether oxygens (including phenoxy) is 1. The van der Waals surface area contributed by atoms with E-state index in [-0.39, 0.29) is 11.9 Å². The van der Waals surface area contributed by atoms with Crippen LogP contribution in [0.15, 0.2) is 72.8 Å². The highest BCUT2D eigenvalue weighted by atomic mass is 35.5. The summed E-state index contributed by atoms with van der Waals surface area (Å²) in [6.07, 6.45) is 0.390. The van der Waals surface area contributed by atoms with Crippen LogP contribution < -0.4 is 20.3 Å². The second kappa shape index (κ2) is 10.9. The first-order valence-corrected chi connectivity index (χ1v) is 11.5. The van der Waals surface area contributed by atoms with Crippen LogP contribution in [0.1, 0.15) is 5.56 Å². The number of carbonyl (C=O) groups is 2. The number of nitrogens with one attached hydrogen (secondary N) is 2. The third-order valence-electron chi connectivity index (χ3n) is 5.72. The zero-order valence-electron chi connectivity index (χ0n) is 19.0. The predicted molar refractivity (Wildman–Crippen MR) is 136 cm³/mol. The Bertz CT molecular complexity index is 1130. The Morgan fingerprint density at radius 3 is 2.21 bits per heavy atom. The minimum absolute atomic E-state index is 0.134. The average Bonchev–Trinajstić information content (AvgIpc) is 2.85. The van der Waals surface area contributed by atoms with Gasteiger partial charge in [-0.3, -0.25) is 4.79 Å². The standard InChI is InChI=1S/C26H27ClN4O3/c1-34-24-11-5-19(6-12-24)17-25(32)31-15-13-30(14-16-31)23-9-7-21(8-10-23)28-26(33)29-22-4-2-3-20(27)18-22/h2-12,18H,13-17H2,1H3,(H2,28,29,33). The lowest BCUT2D eigenvalue weighted by molar-refractivity contribution is -0.130. The van der Waals surface area contributed by atoms with E-state index in [0.29, 0.717) is 35.9 Å². The van der Waals surface area contributed by atoms with Crippen molar-refractivity contribution in [3.8, 4) is 5.75 Å². The van der Waals surface area contributed by atoms with Crippen LogP contribution in [0.3, 0.4) is 0 Å². The molecule has 1 fully saturated rings. The maximum atomic E-state index is 12.7. The van der Waals surface area contributed by atoms with Crippen LogP contribution in [0, 0.1) is 0 Å². The Balaban J connectivity index is 1.25. The fourth-order valence-corrected chi connectivity index (χ4v) is 4.05. The number of nitrogens with zero attached hydrogens (tertiary/aromatic N) is 2. The molecule has 0 aliphatic carbocycles. The lowest BCUT2D eigenvalue weighted by atomic mass is 10.1. The molecule has 8 heteroatoms. The van der Waals surface area contributed by atoms with Crippen molar-refractivity contribution in [2.75, 3.05) is 48.8 Å². The predicted octanol–water partition coefficient (Wildman–Crippen LogP) is 4.88. The van der Waals surface area contributed by atoms with Gasteiger partial charge in [0.25, 0.3) is 0 Å². The number of methoxy groups -OCH3 is 1. The molecule has 4 rings (SSSR count). The van der Waals surface area contributed by atoms with Crippen LogP contribution in [-0.2, 0) is 11.2 Å². The molecule has 2 N–H and O–H groups in total. The maximum Gasteiger partial charge on any atom is 0.323 e. The summed E-state index contributed by atoms with van der Waals surface area (Å²) in [6, 6.07) is 21.9. The summed E-state index contributed by atoms with van der Waals surface area (Å²) in [4.78, 5) is 29.1. The van der Waals surface area contributed by atoms with E-state index < -0.39 is 0 Å². The quantitative estimate of drug-likeness (QED) is 0.529. The van der Waals surface area contributed by atoms with Gasteiger partial charge >= 0.3 is 6.03 Å². The molecule has 1 heterocycles. The first-order valence-electron chi connectivity index (χ1n) is 11.1. The average molecular weight is 479 g/mol. The van der Waals surface area contributed by atoms with Crippen molar-refractivity contribution in [3.63, 3.8) is 0 Å². The molecule has 3 aromatic rings. The molecule has 1 saturated heterocycles. The molecule has 3 amide bonds. The van der Waals surface area contributed by atoms with Gasteiger partial charge in [-0.2, -0.15) is 0 Å². The molecule has 3 aromatic carbocycles. The molecule has 0 atom stereocenters. The summed E-state index contributed by atoms with van der Waals surface area (Å²) in [6.45, 7) is 2.88. The van der Waals surface area contributed by atoms with Crippen molar-refractivity contribution in [1.29, 1.82) is 0 Å². The van der Waals surface area contributed by atoms with Crippen molar-refractivity contribution in [2.45, 2.75) is 6.42 Å². The minimum atomic E-state index is -0.334. The van der Waals surface area contributed by atoms with Gasteiger partial charge in [0.05, 0.1) is 13.5 Å². The minimum Gasteiger partial charge on any atom is -0.497 e. The second-order valence-corrected chi connectivity index (χ2v) is 8.47. The molecular weight excluding hydrogens is 452 g/mol. The molecule has 0 aromatic heterocycles. The Kier molecular flexibility index (Phi) is 7.54. The highest BCUT2D eigenvalue weighted by Crippen LogP contribution is 2.21. The van der Waals surface area contributed by atoms with E-state index in [1.165, 1.54) is 0 Å². The Morgan fingerprint density at radius 2 is 1.56 bits per heavy atom. The van der Waals surface area contributed by atoms with E-state index in [0.717, 1.165) is 30.1 Å². The van der Waals surface area contributed by atoms with Crippen molar-refractivity contribution in [1.82, 2.24) is 4.90 Å². The molecule has 7 nitrogen and oxygen atoms in total. The molecule has 0 saturated carbocycles. The van der Waals surface area contributed by atoms with Gasteiger partial charge in [-0.05, 0) is 60.2 Å². The van der Waals surface area contributed by atoms with Gasteiger partial charge in [-0.1, -0.05) is 29.8 Å². The van der Waals surface area contributed by atoms with Crippen LogP contribution in [0.2, 0.25) is 5.02 Å². The smallest absolute Gasteiger partial charge is 0.323 e. The largest absolute Gasteiger partial charge is 0.497 e. The summed E-state index contributed by atoms with van der Waals surface area (Å²) >= 11 is 5.95. The zero-order chi connectivity index (χ0) is 23.9. The molecular formula is C26H27ClN4O3. The fraction of sp³-hybridized carbons (Fsp3) is 0.231. The van der Waals surface area contributed by atoms with E-state index in [2.05, 4.69) is 15.5 Å². The zero-order valence-corrected chi connectivity index (χ0v) is 19.7. The van der Waals surface area contributed by atoms with E-state index in [9.17, 15) is 9.59 Å². The van der Waals surface area contributed by atoms with E-state index >= 15 is 0 Å². The second-order valence-electron chi connectivity index (χ2n) is 8.03. The van der Waals surface area contributed by atoms with Gasteiger partial charge in [0, 0.05) is 48.3 Å². The maximum absolute atomic E-state index is 12.7. The summed E-state index contributed by atoms with van der Waals surface area (Å²) < 4.78 is 5.17. The number of hydrogen-bond acceptors (Lipinski definition) is 4. The third kappa shape index (κ3) is 6.20. The van der Waals surface area contributed by atoms with Gasteiger partial charge in [0.15, 0.2) is 0 Å². The highest BCUT2D eigenvalue weighted by Gasteiger charge is 2.21. The number of anilines is 3.